The quantitative estimate of drug-likeness (QED) is 0.767. The number of carbonyl (C=O) groups excluding carboxylic acids is 1. The Morgan fingerprint density at radius 2 is 1.88 bits per heavy atom. The molecule has 134 valence electrons. The topological polar surface area (TPSA) is 89.5 Å². The van der Waals surface area contributed by atoms with Gasteiger partial charge in [-0.1, -0.05) is 0 Å². The molecule has 0 unspecified atom stereocenters. The number of morpholine rings is 1. The molecule has 1 aromatic heterocycles. The third-order valence-corrected chi connectivity index (χ3v) is 5.09. The van der Waals surface area contributed by atoms with Crippen molar-refractivity contribution >= 4 is 5.91 Å². The summed E-state index contributed by atoms with van der Waals surface area (Å²) in [4.78, 5) is 15.6. The fourth-order valence-electron chi connectivity index (χ4n) is 3.51. The minimum absolute atomic E-state index is 0.224. The van der Waals surface area contributed by atoms with E-state index in [-0.39, 0.29) is 5.91 Å². The summed E-state index contributed by atoms with van der Waals surface area (Å²) in [5, 5.41) is 8.89. The maximum Gasteiger partial charge on any atom is 0.218 e. The first-order valence-corrected chi connectivity index (χ1v) is 8.82. The molecular formula is C16H28N6O2. The van der Waals surface area contributed by atoms with Gasteiger partial charge in [0.05, 0.1) is 19.8 Å². The van der Waals surface area contributed by atoms with Gasteiger partial charge < -0.3 is 19.9 Å². The van der Waals surface area contributed by atoms with Gasteiger partial charge in [0, 0.05) is 39.0 Å². The highest BCUT2D eigenvalue weighted by Crippen LogP contribution is 2.27. The Bertz CT molecular complexity index is 547. The molecule has 0 spiro atoms. The van der Waals surface area contributed by atoms with Crippen LogP contribution in [0, 0.1) is 0 Å². The monoisotopic (exact) mass is 336 g/mol. The number of amides is 1. The highest BCUT2D eigenvalue weighted by Gasteiger charge is 2.25. The standard InChI is InChI=1S/C16H28N6O2/c1-20-15(12-22-8-10-24-11-9-22)18-19-16(20)13-2-5-21(6-3-13)7-4-14(17)23/h13H,2-12H2,1H3,(H2,17,23). The minimum Gasteiger partial charge on any atom is -0.379 e. The Kier molecular flexibility index (Phi) is 5.80. The Balaban J connectivity index is 1.53. The van der Waals surface area contributed by atoms with Gasteiger partial charge in [-0.05, 0) is 25.9 Å². The molecule has 2 saturated heterocycles. The number of hydrogen-bond acceptors (Lipinski definition) is 6. The first-order valence-electron chi connectivity index (χ1n) is 8.82. The van der Waals surface area contributed by atoms with Crippen LogP contribution < -0.4 is 5.73 Å². The predicted molar refractivity (Wildman–Crippen MR) is 89.3 cm³/mol. The van der Waals surface area contributed by atoms with Gasteiger partial charge in [-0.2, -0.15) is 0 Å². The lowest BCUT2D eigenvalue weighted by atomic mass is 9.96. The molecule has 0 aromatic carbocycles. The largest absolute Gasteiger partial charge is 0.379 e. The average Bonchev–Trinajstić information content (AvgIpc) is 2.95. The normalized spacial score (nSPS) is 21.2. The number of aromatic nitrogens is 3. The predicted octanol–water partition coefficient (Wildman–Crippen LogP) is -0.298. The van der Waals surface area contributed by atoms with Crippen molar-refractivity contribution in [2.75, 3.05) is 45.9 Å². The molecule has 3 heterocycles. The van der Waals surface area contributed by atoms with Crippen molar-refractivity contribution in [2.24, 2.45) is 12.8 Å². The second-order valence-electron chi connectivity index (χ2n) is 6.75. The molecule has 1 aromatic rings. The number of likely N-dealkylation sites (tertiary alicyclic amines) is 1. The first-order chi connectivity index (χ1) is 11.6. The van der Waals surface area contributed by atoms with Crippen molar-refractivity contribution in [3.8, 4) is 0 Å². The zero-order chi connectivity index (χ0) is 16.9. The molecule has 24 heavy (non-hydrogen) atoms. The second-order valence-corrected chi connectivity index (χ2v) is 6.75. The van der Waals surface area contributed by atoms with Gasteiger partial charge >= 0.3 is 0 Å². The van der Waals surface area contributed by atoms with E-state index in [1.54, 1.807) is 0 Å². The van der Waals surface area contributed by atoms with Crippen LogP contribution >= 0.6 is 0 Å². The summed E-state index contributed by atoms with van der Waals surface area (Å²) >= 11 is 0. The summed E-state index contributed by atoms with van der Waals surface area (Å²) < 4.78 is 7.56. The van der Waals surface area contributed by atoms with Crippen molar-refractivity contribution < 1.29 is 9.53 Å². The first kappa shape index (κ1) is 17.3. The fourth-order valence-corrected chi connectivity index (χ4v) is 3.51. The Hall–Kier alpha value is -1.51. The van der Waals surface area contributed by atoms with Crippen LogP contribution in [0.15, 0.2) is 0 Å². The van der Waals surface area contributed by atoms with Gasteiger partial charge in [-0.3, -0.25) is 9.69 Å². The van der Waals surface area contributed by atoms with E-state index < -0.39 is 0 Å². The van der Waals surface area contributed by atoms with Crippen LogP contribution in [0.1, 0.15) is 36.8 Å². The lowest BCUT2D eigenvalue weighted by Gasteiger charge is -2.31. The van der Waals surface area contributed by atoms with Gasteiger partial charge in [-0.15, -0.1) is 10.2 Å². The molecule has 0 radical (unpaired) electrons. The maximum absolute atomic E-state index is 10.9. The van der Waals surface area contributed by atoms with Crippen molar-refractivity contribution in [3.05, 3.63) is 11.6 Å². The Labute approximate surface area is 142 Å². The number of nitrogens with two attached hydrogens (primary N) is 1. The summed E-state index contributed by atoms with van der Waals surface area (Å²) in [5.41, 5.74) is 5.23. The number of ether oxygens (including phenoxy) is 1. The molecule has 0 atom stereocenters. The van der Waals surface area contributed by atoms with Crippen LogP contribution in [-0.2, 0) is 23.1 Å². The number of carbonyl (C=O) groups is 1. The molecule has 0 aliphatic carbocycles. The lowest BCUT2D eigenvalue weighted by Crippen LogP contribution is -2.36. The molecule has 1 amide bonds. The van der Waals surface area contributed by atoms with Crippen molar-refractivity contribution in [2.45, 2.75) is 31.7 Å². The van der Waals surface area contributed by atoms with E-state index in [1.165, 1.54) is 0 Å². The molecule has 3 rings (SSSR count). The molecule has 8 nitrogen and oxygen atoms in total. The smallest absolute Gasteiger partial charge is 0.218 e. The van der Waals surface area contributed by atoms with Gasteiger partial charge in [0.1, 0.15) is 11.6 Å². The van der Waals surface area contributed by atoms with Crippen molar-refractivity contribution in [1.82, 2.24) is 24.6 Å². The molecule has 2 fully saturated rings. The SMILES string of the molecule is Cn1c(CN2CCOCC2)nnc1C1CCN(CCC(N)=O)CC1. The molecule has 2 N–H and O–H groups in total. The van der Waals surface area contributed by atoms with Crippen LogP contribution in [0.5, 0.6) is 0 Å². The molecule has 2 aliphatic heterocycles. The summed E-state index contributed by atoms with van der Waals surface area (Å²) in [6.07, 6.45) is 2.56. The highest BCUT2D eigenvalue weighted by molar-refractivity contribution is 5.73. The van der Waals surface area contributed by atoms with Gasteiger partial charge in [-0.25, -0.2) is 0 Å². The molecule has 0 bridgehead atoms. The molecule has 0 saturated carbocycles. The van der Waals surface area contributed by atoms with Gasteiger partial charge in [0.2, 0.25) is 5.91 Å². The molecule has 2 aliphatic rings. The Morgan fingerprint density at radius 3 is 2.54 bits per heavy atom. The van der Waals surface area contributed by atoms with Crippen LogP contribution in [0.25, 0.3) is 0 Å². The third-order valence-electron chi connectivity index (χ3n) is 5.09. The number of piperidine rings is 1. The van der Waals surface area contributed by atoms with Gasteiger partial charge in [0.15, 0.2) is 0 Å². The van der Waals surface area contributed by atoms with Crippen LogP contribution in [0.2, 0.25) is 0 Å². The highest BCUT2D eigenvalue weighted by atomic mass is 16.5. The van der Waals surface area contributed by atoms with Crippen LogP contribution in [-0.4, -0.2) is 76.4 Å². The Morgan fingerprint density at radius 1 is 1.17 bits per heavy atom. The van der Waals surface area contributed by atoms with E-state index in [0.29, 0.717) is 12.3 Å². The number of rotatable bonds is 6. The summed E-state index contributed by atoms with van der Waals surface area (Å²) in [6.45, 7) is 7.10. The third kappa shape index (κ3) is 4.31. The second kappa shape index (κ2) is 8.04. The maximum atomic E-state index is 10.9. The van der Waals surface area contributed by atoms with E-state index in [2.05, 4.69) is 31.6 Å². The van der Waals surface area contributed by atoms with E-state index in [0.717, 1.165) is 77.0 Å². The summed E-state index contributed by atoms with van der Waals surface area (Å²) in [7, 11) is 2.07. The van der Waals surface area contributed by atoms with Crippen LogP contribution in [0.4, 0.5) is 0 Å². The van der Waals surface area contributed by atoms with E-state index in [4.69, 9.17) is 10.5 Å². The number of nitrogens with zero attached hydrogens (tertiary/aromatic N) is 5. The molecule has 8 heteroatoms. The number of hydrogen-bond donors (Lipinski definition) is 1. The number of primary amides is 1. The average molecular weight is 336 g/mol. The molecular weight excluding hydrogens is 308 g/mol. The van der Waals surface area contributed by atoms with Gasteiger partial charge in [0.25, 0.3) is 0 Å². The zero-order valence-corrected chi connectivity index (χ0v) is 14.5. The van der Waals surface area contributed by atoms with Crippen molar-refractivity contribution in [1.29, 1.82) is 0 Å². The minimum atomic E-state index is -0.224. The van der Waals surface area contributed by atoms with Crippen molar-refractivity contribution in [3.63, 3.8) is 0 Å². The summed E-state index contributed by atoms with van der Waals surface area (Å²) in [5.74, 6) is 2.35. The van der Waals surface area contributed by atoms with Crippen LogP contribution in [0.3, 0.4) is 0 Å². The fraction of sp³-hybridized carbons (Fsp3) is 0.812. The van der Waals surface area contributed by atoms with E-state index >= 15 is 0 Å². The zero-order valence-electron chi connectivity index (χ0n) is 14.5. The summed E-state index contributed by atoms with van der Waals surface area (Å²) in [6, 6.07) is 0. The lowest BCUT2D eigenvalue weighted by molar-refractivity contribution is -0.118. The van der Waals surface area contributed by atoms with E-state index in [9.17, 15) is 4.79 Å². The van der Waals surface area contributed by atoms with E-state index in [1.807, 2.05) is 0 Å².